The second-order valence-corrected chi connectivity index (χ2v) is 6.25. The van der Waals surface area contributed by atoms with Gasteiger partial charge in [-0.3, -0.25) is 4.79 Å². The largest absolute Gasteiger partial charge is 0.504 e. The van der Waals surface area contributed by atoms with Crippen molar-refractivity contribution in [2.24, 2.45) is 5.73 Å². The number of aromatic hydroxyl groups is 2. The number of nitrogens with two attached hydrogens (primary N) is 1. The Balaban J connectivity index is 0.00000312. The van der Waals surface area contributed by atoms with Crippen molar-refractivity contribution >= 4 is 41.5 Å². The van der Waals surface area contributed by atoms with Gasteiger partial charge in [0.2, 0.25) is 5.91 Å². The fourth-order valence-electron chi connectivity index (χ4n) is 2.20. The van der Waals surface area contributed by atoms with Crippen LogP contribution in [-0.4, -0.2) is 28.7 Å². The van der Waals surface area contributed by atoms with Crippen LogP contribution >= 0.6 is 35.6 Å². The number of phenolic OH excluding ortho intramolecular Hbond substituents is 2. The number of benzene rings is 2. The Hall–Kier alpha value is -1.66. The topological polar surface area (TPSA) is 95.6 Å². The average molecular weight is 406 g/mol. The predicted molar refractivity (Wildman–Crippen MR) is 102 cm³/mol. The quantitative estimate of drug-likeness (QED) is 0.555. The van der Waals surface area contributed by atoms with Gasteiger partial charge in [0.05, 0.1) is 6.04 Å². The third-order valence-electron chi connectivity index (χ3n) is 3.54. The Kier molecular flexibility index (Phi) is 8.32. The van der Waals surface area contributed by atoms with Crippen LogP contribution in [0, 0.1) is 0 Å². The zero-order valence-corrected chi connectivity index (χ0v) is 15.5. The van der Waals surface area contributed by atoms with Crippen LogP contribution in [0.1, 0.15) is 11.1 Å². The van der Waals surface area contributed by atoms with Crippen molar-refractivity contribution in [2.75, 3.05) is 6.54 Å². The lowest BCUT2D eigenvalue weighted by molar-refractivity contribution is -0.122. The summed E-state index contributed by atoms with van der Waals surface area (Å²) in [5, 5.41) is 22.4. The number of hydrogen-bond acceptors (Lipinski definition) is 4. The average Bonchev–Trinajstić information content (AvgIpc) is 2.53. The van der Waals surface area contributed by atoms with Crippen molar-refractivity contribution in [2.45, 2.75) is 18.9 Å². The molecule has 2 rings (SSSR count). The standard InChI is InChI=1S/C17H18Cl2N2O3.ClH/c18-12-3-2-11(13(19)9-12)8-14(20)17(24)21-6-5-10-1-4-15(22)16(23)7-10;/h1-4,7,9,14,22-23H,5-6,8,20H2,(H,21,24);1H/t14-;/m1./s1. The smallest absolute Gasteiger partial charge is 0.237 e. The molecule has 2 aromatic carbocycles. The fraction of sp³-hybridized carbons (Fsp3) is 0.235. The van der Waals surface area contributed by atoms with Crippen molar-refractivity contribution in [3.63, 3.8) is 0 Å². The first-order chi connectivity index (χ1) is 11.4. The molecular formula is C17H19Cl3N2O3. The van der Waals surface area contributed by atoms with Crippen molar-refractivity contribution in [3.8, 4) is 11.5 Å². The van der Waals surface area contributed by atoms with Crippen LogP contribution < -0.4 is 11.1 Å². The molecule has 0 aliphatic heterocycles. The second kappa shape index (κ2) is 9.73. The van der Waals surface area contributed by atoms with Gasteiger partial charge in [-0.05, 0) is 48.2 Å². The first-order valence-corrected chi connectivity index (χ1v) is 8.10. The minimum Gasteiger partial charge on any atom is -0.504 e. The number of carbonyl (C=O) groups excluding carboxylic acids is 1. The van der Waals surface area contributed by atoms with Crippen molar-refractivity contribution < 1.29 is 15.0 Å². The molecule has 1 amide bonds. The molecule has 0 aromatic heterocycles. The molecular weight excluding hydrogens is 387 g/mol. The van der Waals surface area contributed by atoms with Gasteiger partial charge in [0.1, 0.15) is 0 Å². The van der Waals surface area contributed by atoms with E-state index in [-0.39, 0.29) is 29.8 Å². The molecule has 5 N–H and O–H groups in total. The predicted octanol–water partition coefficient (Wildman–Crippen LogP) is 3.06. The number of amides is 1. The van der Waals surface area contributed by atoms with Gasteiger partial charge >= 0.3 is 0 Å². The van der Waals surface area contributed by atoms with Crippen molar-refractivity contribution in [1.82, 2.24) is 5.32 Å². The summed E-state index contributed by atoms with van der Waals surface area (Å²) in [6, 6.07) is 8.86. The highest BCUT2D eigenvalue weighted by atomic mass is 35.5. The van der Waals surface area contributed by atoms with E-state index in [9.17, 15) is 15.0 Å². The van der Waals surface area contributed by atoms with E-state index in [1.54, 1.807) is 24.3 Å². The lowest BCUT2D eigenvalue weighted by Gasteiger charge is -2.13. The molecule has 0 saturated carbocycles. The molecule has 1 atom stereocenters. The molecule has 0 radical (unpaired) electrons. The Labute approximate surface area is 162 Å². The van der Waals surface area contributed by atoms with Gasteiger partial charge in [-0.2, -0.15) is 0 Å². The number of nitrogens with one attached hydrogen (secondary N) is 1. The highest BCUT2D eigenvalue weighted by Crippen LogP contribution is 2.25. The van der Waals surface area contributed by atoms with Crippen LogP contribution in [0.3, 0.4) is 0 Å². The summed E-state index contributed by atoms with van der Waals surface area (Å²) >= 11 is 11.9. The lowest BCUT2D eigenvalue weighted by atomic mass is 10.1. The molecule has 0 spiro atoms. The number of halogens is 3. The molecule has 8 heteroatoms. The molecule has 25 heavy (non-hydrogen) atoms. The number of carbonyl (C=O) groups is 1. The van der Waals surface area contributed by atoms with E-state index in [1.807, 2.05) is 0 Å². The Morgan fingerprint density at radius 2 is 1.84 bits per heavy atom. The first-order valence-electron chi connectivity index (χ1n) is 7.35. The van der Waals surface area contributed by atoms with E-state index in [0.717, 1.165) is 11.1 Å². The highest BCUT2D eigenvalue weighted by Gasteiger charge is 2.15. The van der Waals surface area contributed by atoms with E-state index < -0.39 is 6.04 Å². The van der Waals surface area contributed by atoms with E-state index in [0.29, 0.717) is 29.4 Å². The summed E-state index contributed by atoms with van der Waals surface area (Å²) in [5.41, 5.74) is 7.45. The summed E-state index contributed by atoms with van der Waals surface area (Å²) in [6.45, 7) is 0.366. The van der Waals surface area contributed by atoms with Gasteiger partial charge in [0, 0.05) is 16.6 Å². The van der Waals surface area contributed by atoms with E-state index >= 15 is 0 Å². The van der Waals surface area contributed by atoms with Crippen molar-refractivity contribution in [1.29, 1.82) is 0 Å². The summed E-state index contributed by atoms with van der Waals surface area (Å²) in [4.78, 5) is 12.0. The van der Waals surface area contributed by atoms with Crippen LogP contribution in [0.4, 0.5) is 0 Å². The number of rotatable bonds is 6. The maximum Gasteiger partial charge on any atom is 0.237 e. The molecule has 0 bridgehead atoms. The second-order valence-electron chi connectivity index (χ2n) is 5.41. The van der Waals surface area contributed by atoms with Gasteiger partial charge in [-0.1, -0.05) is 35.3 Å². The zero-order chi connectivity index (χ0) is 17.7. The van der Waals surface area contributed by atoms with Crippen LogP contribution in [0.25, 0.3) is 0 Å². The lowest BCUT2D eigenvalue weighted by Crippen LogP contribution is -2.42. The summed E-state index contributed by atoms with van der Waals surface area (Å²) < 4.78 is 0. The van der Waals surface area contributed by atoms with Gasteiger partial charge < -0.3 is 21.3 Å². The molecule has 0 aliphatic rings. The highest BCUT2D eigenvalue weighted by molar-refractivity contribution is 6.35. The Bertz CT molecular complexity index is 741. The van der Waals surface area contributed by atoms with Crippen LogP contribution in [0.15, 0.2) is 36.4 Å². The van der Waals surface area contributed by atoms with Gasteiger partial charge in [-0.15, -0.1) is 12.4 Å². The van der Waals surface area contributed by atoms with Crippen LogP contribution in [0.5, 0.6) is 11.5 Å². The fourth-order valence-corrected chi connectivity index (χ4v) is 2.69. The maximum absolute atomic E-state index is 12.0. The molecule has 2 aromatic rings. The minimum atomic E-state index is -0.725. The third-order valence-corrected chi connectivity index (χ3v) is 4.13. The first kappa shape index (κ1) is 21.4. The number of hydrogen-bond donors (Lipinski definition) is 4. The molecule has 0 fully saturated rings. The molecule has 0 heterocycles. The maximum atomic E-state index is 12.0. The van der Waals surface area contributed by atoms with Crippen molar-refractivity contribution in [3.05, 3.63) is 57.6 Å². The minimum absolute atomic E-state index is 0. The number of phenols is 2. The molecule has 5 nitrogen and oxygen atoms in total. The third kappa shape index (κ3) is 6.29. The van der Waals surface area contributed by atoms with Gasteiger partial charge in [-0.25, -0.2) is 0 Å². The van der Waals surface area contributed by atoms with E-state index in [2.05, 4.69) is 5.32 Å². The normalized spacial score (nSPS) is 11.5. The Morgan fingerprint density at radius 3 is 2.48 bits per heavy atom. The summed E-state index contributed by atoms with van der Waals surface area (Å²) in [7, 11) is 0. The summed E-state index contributed by atoms with van der Waals surface area (Å²) in [5.74, 6) is -0.651. The summed E-state index contributed by atoms with van der Waals surface area (Å²) in [6.07, 6.45) is 0.815. The Morgan fingerprint density at radius 1 is 1.12 bits per heavy atom. The molecule has 0 unspecified atom stereocenters. The van der Waals surface area contributed by atoms with Gasteiger partial charge in [0.25, 0.3) is 0 Å². The monoisotopic (exact) mass is 404 g/mol. The van der Waals surface area contributed by atoms with Crippen LogP contribution in [0.2, 0.25) is 10.0 Å². The van der Waals surface area contributed by atoms with E-state index in [4.69, 9.17) is 28.9 Å². The van der Waals surface area contributed by atoms with Gasteiger partial charge in [0.15, 0.2) is 11.5 Å². The molecule has 136 valence electrons. The van der Waals surface area contributed by atoms with Crippen LogP contribution in [-0.2, 0) is 17.6 Å². The molecule has 0 saturated heterocycles. The van der Waals surface area contributed by atoms with E-state index in [1.165, 1.54) is 12.1 Å². The molecule has 0 aliphatic carbocycles. The SMILES string of the molecule is Cl.N[C@H](Cc1ccc(Cl)cc1Cl)C(=O)NCCc1ccc(O)c(O)c1. The zero-order valence-electron chi connectivity index (χ0n) is 13.2.